The van der Waals surface area contributed by atoms with Crippen LogP contribution >= 0.6 is 11.3 Å². The Morgan fingerprint density at radius 2 is 1.69 bits per heavy atom. The van der Waals surface area contributed by atoms with E-state index in [1.165, 1.54) is 11.3 Å². The number of anilines is 1. The first-order valence-electron chi connectivity index (χ1n) is 10.00. The van der Waals surface area contributed by atoms with Crippen molar-refractivity contribution < 1.29 is 14.3 Å². The first-order valence-corrected chi connectivity index (χ1v) is 10.9. The summed E-state index contributed by atoms with van der Waals surface area (Å²) in [6, 6.07) is 13.3. The standard InChI is InChI=1S/C24H24N4O3S/c1-14-8-15(2)10-17(9-14)23(29)26-22-12-18(27-28(22)3)24-25-19(13-32-24)16-6-7-20(30-4)21(11-16)31-5/h6-13H,1-5H3,(H,26,29). The van der Waals surface area contributed by atoms with Crippen LogP contribution in [0.3, 0.4) is 0 Å². The number of hydrogen-bond acceptors (Lipinski definition) is 6. The van der Waals surface area contributed by atoms with E-state index in [4.69, 9.17) is 14.5 Å². The number of thiazole rings is 1. The number of carbonyl (C=O) groups is 1. The first-order chi connectivity index (χ1) is 15.4. The third-order valence-corrected chi connectivity index (χ3v) is 5.87. The van der Waals surface area contributed by atoms with Gasteiger partial charge in [-0.15, -0.1) is 11.3 Å². The predicted molar refractivity (Wildman–Crippen MR) is 127 cm³/mol. The fourth-order valence-electron chi connectivity index (χ4n) is 3.50. The number of rotatable bonds is 6. The minimum absolute atomic E-state index is 0.170. The van der Waals surface area contributed by atoms with Crippen LogP contribution in [-0.4, -0.2) is 34.9 Å². The average molecular weight is 449 g/mol. The molecule has 1 N–H and O–H groups in total. The van der Waals surface area contributed by atoms with E-state index < -0.39 is 0 Å². The second kappa shape index (κ2) is 8.84. The SMILES string of the molecule is COc1ccc(-c2csc(-c3cc(NC(=O)c4cc(C)cc(C)c4)n(C)n3)n2)cc1OC. The van der Waals surface area contributed by atoms with Gasteiger partial charge in [-0.3, -0.25) is 9.48 Å². The van der Waals surface area contributed by atoms with E-state index >= 15 is 0 Å². The number of nitrogens with one attached hydrogen (secondary N) is 1. The molecule has 7 nitrogen and oxygen atoms in total. The Morgan fingerprint density at radius 3 is 2.38 bits per heavy atom. The summed E-state index contributed by atoms with van der Waals surface area (Å²) in [5, 5.41) is 10.2. The average Bonchev–Trinajstić information content (AvgIpc) is 3.40. The molecule has 2 heterocycles. The van der Waals surface area contributed by atoms with Crippen LogP contribution in [-0.2, 0) is 7.05 Å². The number of amides is 1. The van der Waals surface area contributed by atoms with Gasteiger partial charge in [-0.1, -0.05) is 17.2 Å². The summed E-state index contributed by atoms with van der Waals surface area (Å²) < 4.78 is 12.3. The van der Waals surface area contributed by atoms with Crippen LogP contribution in [0, 0.1) is 13.8 Å². The van der Waals surface area contributed by atoms with Gasteiger partial charge in [-0.2, -0.15) is 5.10 Å². The maximum absolute atomic E-state index is 12.7. The molecule has 0 aliphatic carbocycles. The zero-order chi connectivity index (χ0) is 22.8. The van der Waals surface area contributed by atoms with Crippen molar-refractivity contribution in [3.63, 3.8) is 0 Å². The van der Waals surface area contributed by atoms with Gasteiger partial charge in [0, 0.05) is 29.6 Å². The van der Waals surface area contributed by atoms with Gasteiger partial charge in [0.1, 0.15) is 16.5 Å². The van der Waals surface area contributed by atoms with E-state index in [9.17, 15) is 4.79 Å². The minimum Gasteiger partial charge on any atom is -0.493 e. The minimum atomic E-state index is -0.170. The van der Waals surface area contributed by atoms with Crippen LogP contribution in [0.2, 0.25) is 0 Å². The van der Waals surface area contributed by atoms with Crippen molar-refractivity contribution in [1.82, 2.24) is 14.8 Å². The van der Waals surface area contributed by atoms with Crippen molar-refractivity contribution >= 4 is 23.1 Å². The molecule has 32 heavy (non-hydrogen) atoms. The molecule has 2 aromatic carbocycles. The van der Waals surface area contributed by atoms with E-state index in [1.807, 2.05) is 61.7 Å². The Bertz CT molecular complexity index is 1270. The molecule has 0 fully saturated rings. The topological polar surface area (TPSA) is 78.3 Å². The molecular weight excluding hydrogens is 424 g/mol. The molecule has 0 atom stereocenters. The summed E-state index contributed by atoms with van der Waals surface area (Å²) in [5.74, 6) is 1.75. The number of aromatic nitrogens is 3. The number of carbonyl (C=O) groups excluding carboxylic acids is 1. The summed E-state index contributed by atoms with van der Waals surface area (Å²) in [5.41, 5.74) is 5.15. The summed E-state index contributed by atoms with van der Waals surface area (Å²) in [6.07, 6.45) is 0. The van der Waals surface area contributed by atoms with Crippen LogP contribution in [0.5, 0.6) is 11.5 Å². The highest BCUT2D eigenvalue weighted by molar-refractivity contribution is 7.13. The Labute approximate surface area is 190 Å². The third kappa shape index (κ3) is 4.36. The van der Waals surface area contributed by atoms with Crippen molar-refractivity contribution in [2.24, 2.45) is 7.05 Å². The normalized spacial score (nSPS) is 10.8. The van der Waals surface area contributed by atoms with Gasteiger partial charge in [0.15, 0.2) is 11.5 Å². The Morgan fingerprint density at radius 1 is 0.969 bits per heavy atom. The van der Waals surface area contributed by atoms with Crippen LogP contribution in [0.25, 0.3) is 22.0 Å². The lowest BCUT2D eigenvalue weighted by Gasteiger charge is -2.08. The smallest absolute Gasteiger partial charge is 0.256 e. The van der Waals surface area contributed by atoms with E-state index in [-0.39, 0.29) is 5.91 Å². The molecule has 2 aromatic heterocycles. The lowest BCUT2D eigenvalue weighted by Crippen LogP contribution is -2.14. The van der Waals surface area contributed by atoms with Gasteiger partial charge in [0.25, 0.3) is 5.91 Å². The predicted octanol–water partition coefficient (Wildman–Crippen LogP) is 5.10. The zero-order valence-corrected chi connectivity index (χ0v) is 19.4. The quantitative estimate of drug-likeness (QED) is 0.444. The van der Waals surface area contributed by atoms with Gasteiger partial charge in [0.2, 0.25) is 0 Å². The molecular formula is C24H24N4O3S. The highest BCUT2D eigenvalue weighted by Crippen LogP contribution is 2.34. The number of nitrogens with zero attached hydrogens (tertiary/aromatic N) is 3. The molecule has 0 saturated carbocycles. The molecule has 0 aliphatic heterocycles. The number of aryl methyl sites for hydroxylation is 3. The summed E-state index contributed by atoms with van der Waals surface area (Å²) in [4.78, 5) is 17.5. The lowest BCUT2D eigenvalue weighted by molar-refractivity contribution is 0.102. The second-order valence-corrected chi connectivity index (χ2v) is 8.33. The van der Waals surface area contributed by atoms with Gasteiger partial charge in [-0.25, -0.2) is 4.98 Å². The van der Waals surface area contributed by atoms with Gasteiger partial charge in [0.05, 0.1) is 19.9 Å². The molecule has 164 valence electrons. The Kier molecular flexibility index (Phi) is 5.96. The maximum atomic E-state index is 12.7. The third-order valence-electron chi connectivity index (χ3n) is 5.01. The van der Waals surface area contributed by atoms with Crippen LogP contribution < -0.4 is 14.8 Å². The summed E-state index contributed by atoms with van der Waals surface area (Å²) in [6.45, 7) is 3.95. The molecule has 0 spiro atoms. The summed E-state index contributed by atoms with van der Waals surface area (Å²) >= 11 is 1.49. The first kappa shape index (κ1) is 21.6. The highest BCUT2D eigenvalue weighted by Gasteiger charge is 2.16. The van der Waals surface area contributed by atoms with Crippen molar-refractivity contribution in [3.05, 3.63) is 64.5 Å². The number of benzene rings is 2. The van der Waals surface area contributed by atoms with Crippen molar-refractivity contribution in [2.45, 2.75) is 13.8 Å². The van der Waals surface area contributed by atoms with Crippen molar-refractivity contribution in [3.8, 4) is 33.5 Å². The Balaban J connectivity index is 1.57. The zero-order valence-electron chi connectivity index (χ0n) is 18.6. The highest BCUT2D eigenvalue weighted by atomic mass is 32.1. The number of methoxy groups -OCH3 is 2. The van der Waals surface area contributed by atoms with Crippen LogP contribution in [0.15, 0.2) is 47.8 Å². The molecule has 4 rings (SSSR count). The second-order valence-electron chi connectivity index (χ2n) is 7.48. The van der Waals surface area contributed by atoms with Gasteiger partial charge >= 0.3 is 0 Å². The maximum Gasteiger partial charge on any atom is 0.256 e. The molecule has 1 amide bonds. The largest absolute Gasteiger partial charge is 0.493 e. The van der Waals surface area contributed by atoms with E-state index in [1.54, 1.807) is 25.9 Å². The van der Waals surface area contributed by atoms with Crippen LogP contribution in [0.1, 0.15) is 21.5 Å². The number of hydrogen-bond donors (Lipinski definition) is 1. The number of ether oxygens (including phenoxy) is 2. The van der Waals surface area contributed by atoms with E-state index in [0.29, 0.717) is 28.6 Å². The van der Waals surface area contributed by atoms with Crippen LogP contribution in [0.4, 0.5) is 5.82 Å². The van der Waals surface area contributed by atoms with Gasteiger partial charge in [-0.05, 0) is 44.2 Å². The fourth-order valence-corrected chi connectivity index (χ4v) is 4.29. The fraction of sp³-hybridized carbons (Fsp3) is 0.208. The lowest BCUT2D eigenvalue weighted by atomic mass is 10.1. The van der Waals surface area contributed by atoms with Gasteiger partial charge < -0.3 is 14.8 Å². The van der Waals surface area contributed by atoms with Crippen molar-refractivity contribution in [2.75, 3.05) is 19.5 Å². The molecule has 8 heteroatoms. The molecule has 0 aliphatic rings. The molecule has 0 saturated heterocycles. The monoisotopic (exact) mass is 448 g/mol. The van der Waals surface area contributed by atoms with E-state index in [0.717, 1.165) is 27.4 Å². The molecule has 0 radical (unpaired) electrons. The molecule has 4 aromatic rings. The van der Waals surface area contributed by atoms with Crippen molar-refractivity contribution in [1.29, 1.82) is 0 Å². The van der Waals surface area contributed by atoms with E-state index in [2.05, 4.69) is 10.4 Å². The Hall–Kier alpha value is -3.65. The summed E-state index contributed by atoms with van der Waals surface area (Å²) in [7, 11) is 5.01. The molecule has 0 unspecified atom stereocenters. The molecule has 0 bridgehead atoms.